The van der Waals surface area contributed by atoms with Crippen LogP contribution in [0.3, 0.4) is 0 Å². The Kier molecular flexibility index (Phi) is 5.67. The smallest absolute Gasteiger partial charge is 0.255 e. The Morgan fingerprint density at radius 2 is 1.60 bits per heavy atom. The topological polar surface area (TPSA) is 12.9 Å². The number of aryl methyl sites for hydroxylation is 1. The lowest BCUT2D eigenvalue weighted by Gasteiger charge is -2.28. The minimum Gasteiger partial charge on any atom is -0.255 e. The van der Waals surface area contributed by atoms with Crippen molar-refractivity contribution >= 4 is 42.3 Å². The lowest BCUT2D eigenvalue weighted by molar-refractivity contribution is -0.211. The summed E-state index contributed by atoms with van der Waals surface area (Å²) in [6.45, 7) is 8.89. The third-order valence-corrected chi connectivity index (χ3v) is 8.45. The number of thiophene rings is 1. The fourth-order valence-corrected chi connectivity index (χ4v) is 6.20. The first-order valence-corrected chi connectivity index (χ1v) is 12.7. The molecule has 0 spiro atoms. The van der Waals surface area contributed by atoms with Crippen molar-refractivity contribution in [1.29, 1.82) is 0 Å². The van der Waals surface area contributed by atoms with Gasteiger partial charge in [-0.3, -0.25) is 4.98 Å². The van der Waals surface area contributed by atoms with Gasteiger partial charge in [0.2, 0.25) is 0 Å². The van der Waals surface area contributed by atoms with Crippen LogP contribution in [0.2, 0.25) is 0 Å². The highest BCUT2D eigenvalue weighted by Gasteiger charge is 2.47. The van der Waals surface area contributed by atoms with Gasteiger partial charge in [-0.05, 0) is 64.9 Å². The first-order chi connectivity index (χ1) is 16.5. The van der Waals surface area contributed by atoms with Gasteiger partial charge in [-0.25, -0.2) is 0 Å². The van der Waals surface area contributed by atoms with Crippen molar-refractivity contribution in [3.8, 4) is 11.3 Å². The van der Waals surface area contributed by atoms with Gasteiger partial charge in [-0.15, -0.1) is 11.3 Å². The Balaban J connectivity index is 1.71. The molecule has 0 aliphatic heterocycles. The first-order valence-electron chi connectivity index (χ1n) is 11.9. The Hall–Kier alpha value is -2.92. The van der Waals surface area contributed by atoms with E-state index in [4.69, 9.17) is 4.98 Å². The molecule has 1 nitrogen and oxygen atoms in total. The quantitative estimate of drug-likeness (QED) is 0.244. The highest BCUT2D eigenvalue weighted by atomic mass is 32.1. The molecule has 3 aromatic carbocycles. The lowest BCUT2D eigenvalue weighted by Crippen LogP contribution is -2.34. The van der Waals surface area contributed by atoms with Crippen LogP contribution in [0, 0.1) is 12.3 Å². The molecule has 0 aliphatic rings. The molecule has 0 saturated carbocycles. The Labute approximate surface area is 207 Å². The van der Waals surface area contributed by atoms with Crippen molar-refractivity contribution in [2.75, 3.05) is 0 Å². The molecular weight excluding hydrogens is 463 g/mol. The largest absolute Gasteiger partial charge is 0.394 e. The molecule has 0 aliphatic carbocycles. The summed E-state index contributed by atoms with van der Waals surface area (Å²) >= 11 is 1.63. The number of alkyl halides is 3. The molecule has 0 N–H and O–H groups in total. The summed E-state index contributed by atoms with van der Waals surface area (Å²) in [5.74, 6) is 0.364. The van der Waals surface area contributed by atoms with E-state index in [1.807, 2.05) is 31.3 Å². The number of pyridine rings is 1. The summed E-state index contributed by atoms with van der Waals surface area (Å²) in [6, 6.07) is 18.7. The van der Waals surface area contributed by atoms with E-state index in [-0.39, 0.29) is 6.42 Å². The van der Waals surface area contributed by atoms with Gasteiger partial charge >= 0.3 is 6.18 Å². The molecule has 2 heterocycles. The molecule has 0 radical (unpaired) electrons. The van der Waals surface area contributed by atoms with Crippen LogP contribution < -0.4 is 0 Å². The zero-order chi connectivity index (χ0) is 25.1. The summed E-state index contributed by atoms with van der Waals surface area (Å²) in [4.78, 5) is 4.79. The molecule has 2 aromatic heterocycles. The summed E-state index contributed by atoms with van der Waals surface area (Å²) in [6.07, 6.45) is -2.46. The van der Waals surface area contributed by atoms with Crippen molar-refractivity contribution in [3.63, 3.8) is 0 Å². The summed E-state index contributed by atoms with van der Waals surface area (Å²) in [5, 5.41) is 4.60. The van der Waals surface area contributed by atoms with Gasteiger partial charge in [0.15, 0.2) is 0 Å². The maximum Gasteiger partial charge on any atom is 0.394 e. The van der Waals surface area contributed by atoms with E-state index >= 15 is 0 Å². The number of nitrogens with zero attached hydrogens (tertiary/aromatic N) is 1. The zero-order valence-corrected chi connectivity index (χ0v) is 21.4. The fraction of sp³-hybridized carbons (Fsp3) is 0.300. The predicted octanol–water partition coefficient (Wildman–Crippen LogP) is 9.83. The number of hydrogen-bond acceptors (Lipinski definition) is 2. The van der Waals surface area contributed by atoms with Crippen molar-refractivity contribution in [2.24, 2.45) is 5.41 Å². The third kappa shape index (κ3) is 4.00. The number of rotatable bonds is 4. The number of halogens is 3. The molecule has 0 unspecified atom stereocenters. The average molecular weight is 492 g/mol. The Morgan fingerprint density at radius 3 is 2.31 bits per heavy atom. The maximum absolute atomic E-state index is 13.6. The highest BCUT2D eigenvalue weighted by Crippen LogP contribution is 2.45. The van der Waals surface area contributed by atoms with Gasteiger partial charge < -0.3 is 0 Å². The predicted molar refractivity (Wildman–Crippen MR) is 142 cm³/mol. The van der Waals surface area contributed by atoms with Crippen LogP contribution in [0.4, 0.5) is 13.2 Å². The summed E-state index contributed by atoms with van der Waals surface area (Å²) < 4.78 is 42.8. The first kappa shape index (κ1) is 23.8. The lowest BCUT2D eigenvalue weighted by atomic mass is 9.83. The van der Waals surface area contributed by atoms with Crippen molar-refractivity contribution in [1.82, 2.24) is 4.98 Å². The molecular formula is C30H28F3NS. The van der Waals surface area contributed by atoms with Gasteiger partial charge in [-0.2, -0.15) is 13.2 Å². The third-order valence-electron chi connectivity index (χ3n) is 7.11. The second kappa shape index (κ2) is 8.34. The van der Waals surface area contributed by atoms with E-state index in [0.717, 1.165) is 42.6 Å². The monoisotopic (exact) mass is 491 g/mol. The number of fused-ring (bicyclic) bond motifs is 4. The van der Waals surface area contributed by atoms with E-state index in [1.165, 1.54) is 30.2 Å². The van der Waals surface area contributed by atoms with Gasteiger partial charge in [0.25, 0.3) is 0 Å². The molecule has 0 saturated heterocycles. The molecule has 35 heavy (non-hydrogen) atoms. The standard InChI is InChI=1S/C30H28F3NS/c1-17(2)25-15-21(14-19-8-6-7-9-22(19)25)26-28-24(12-13-34-26)23-11-10-20(18(3)27(23)35-28)16-29(4,5)30(31,32)33/h6-15,17H,16H2,1-5H3. The van der Waals surface area contributed by atoms with Crippen LogP contribution in [0.5, 0.6) is 0 Å². The van der Waals surface area contributed by atoms with E-state index in [9.17, 15) is 13.2 Å². The van der Waals surface area contributed by atoms with Crippen LogP contribution in [0.15, 0.2) is 60.8 Å². The second-order valence-electron chi connectivity index (χ2n) is 10.4. The van der Waals surface area contributed by atoms with Crippen LogP contribution in [0.25, 0.3) is 42.2 Å². The summed E-state index contributed by atoms with van der Waals surface area (Å²) in [7, 11) is 0. The van der Waals surface area contributed by atoms with Crippen LogP contribution >= 0.6 is 11.3 Å². The fourth-order valence-electron chi connectivity index (χ4n) is 4.87. The van der Waals surface area contributed by atoms with E-state index in [2.05, 4.69) is 50.2 Å². The van der Waals surface area contributed by atoms with Gasteiger partial charge in [0.1, 0.15) is 0 Å². The number of aromatic nitrogens is 1. The average Bonchev–Trinajstić information content (AvgIpc) is 3.19. The van der Waals surface area contributed by atoms with Crippen molar-refractivity contribution < 1.29 is 13.2 Å². The van der Waals surface area contributed by atoms with Crippen molar-refractivity contribution in [3.05, 3.63) is 77.5 Å². The SMILES string of the molecule is Cc1c(CC(C)(C)C(F)(F)F)ccc2c1sc1c(-c3cc(C(C)C)c4ccccc4c3)nccc12. The van der Waals surface area contributed by atoms with E-state index in [1.54, 1.807) is 11.3 Å². The van der Waals surface area contributed by atoms with Gasteiger partial charge in [0, 0.05) is 27.2 Å². The van der Waals surface area contributed by atoms with Crippen LogP contribution in [0.1, 0.15) is 50.3 Å². The van der Waals surface area contributed by atoms with Crippen LogP contribution in [-0.4, -0.2) is 11.2 Å². The van der Waals surface area contributed by atoms with E-state index < -0.39 is 11.6 Å². The molecule has 180 valence electrons. The Bertz CT molecular complexity index is 1570. The minimum atomic E-state index is -4.25. The van der Waals surface area contributed by atoms with Gasteiger partial charge in [0.05, 0.1) is 15.8 Å². The van der Waals surface area contributed by atoms with Gasteiger partial charge in [-0.1, -0.05) is 64.1 Å². The summed E-state index contributed by atoms with van der Waals surface area (Å²) in [5.41, 5.74) is 3.16. The number of hydrogen-bond donors (Lipinski definition) is 0. The van der Waals surface area contributed by atoms with E-state index in [0.29, 0.717) is 5.92 Å². The molecule has 0 amide bonds. The Morgan fingerprint density at radius 1 is 0.886 bits per heavy atom. The molecule has 5 rings (SSSR count). The van der Waals surface area contributed by atoms with Crippen molar-refractivity contribution in [2.45, 2.75) is 53.1 Å². The van der Waals surface area contributed by atoms with Crippen LogP contribution in [-0.2, 0) is 6.42 Å². The normalized spacial score (nSPS) is 12.9. The highest BCUT2D eigenvalue weighted by molar-refractivity contribution is 7.26. The molecule has 0 fully saturated rings. The zero-order valence-electron chi connectivity index (χ0n) is 20.5. The molecule has 5 aromatic rings. The molecule has 0 bridgehead atoms. The molecule has 5 heteroatoms. The maximum atomic E-state index is 13.6. The molecule has 0 atom stereocenters. The second-order valence-corrected chi connectivity index (χ2v) is 11.4. The number of benzene rings is 3. The minimum absolute atomic E-state index is 0.0416.